The summed E-state index contributed by atoms with van der Waals surface area (Å²) in [6.07, 6.45) is 3.09. The highest BCUT2D eigenvalue weighted by Gasteiger charge is 2.12. The van der Waals surface area contributed by atoms with E-state index in [4.69, 9.17) is 29.6 Å². The van der Waals surface area contributed by atoms with Gasteiger partial charge in [0.25, 0.3) is 0 Å². The third-order valence-corrected chi connectivity index (χ3v) is 2.85. The van der Waals surface area contributed by atoms with Crippen LogP contribution in [-0.2, 0) is 0 Å². The quantitative estimate of drug-likeness (QED) is 0.875. The predicted octanol–water partition coefficient (Wildman–Crippen LogP) is 2.53. The fourth-order valence-corrected chi connectivity index (χ4v) is 1.83. The maximum atomic E-state index is 5.76. The summed E-state index contributed by atoms with van der Waals surface area (Å²) in [6.45, 7) is 0. The van der Waals surface area contributed by atoms with Gasteiger partial charge in [0.2, 0.25) is 5.95 Å². The van der Waals surface area contributed by atoms with E-state index in [1.54, 1.807) is 12.4 Å². The Morgan fingerprint density at radius 1 is 1.28 bits per heavy atom. The molecule has 1 heterocycles. The average molecular weight is 279 g/mol. The molecule has 0 fully saturated rings. The molecule has 2 N–H and O–H groups in total. The number of benzene rings is 1. The van der Waals surface area contributed by atoms with E-state index in [0.717, 1.165) is 11.3 Å². The molecule has 1 aromatic heterocycles. The van der Waals surface area contributed by atoms with Crippen molar-refractivity contribution in [2.24, 2.45) is 5.73 Å². The van der Waals surface area contributed by atoms with Crippen molar-refractivity contribution < 1.29 is 0 Å². The van der Waals surface area contributed by atoms with E-state index < -0.39 is 0 Å². The van der Waals surface area contributed by atoms with Gasteiger partial charge in [-0.05, 0) is 12.1 Å². The Labute approximate surface area is 115 Å². The van der Waals surface area contributed by atoms with Crippen LogP contribution in [-0.4, -0.2) is 22.0 Å². The largest absolute Gasteiger partial charge is 0.389 e. The van der Waals surface area contributed by atoms with Gasteiger partial charge in [-0.3, -0.25) is 0 Å². The predicted molar refractivity (Wildman–Crippen MR) is 77.4 cm³/mol. The molecular weight excluding hydrogens is 268 g/mol. The van der Waals surface area contributed by atoms with Crippen LogP contribution in [0.5, 0.6) is 0 Å². The monoisotopic (exact) mass is 278 g/mol. The molecule has 4 nitrogen and oxygen atoms in total. The average Bonchev–Trinajstić information content (AvgIpc) is 2.39. The van der Waals surface area contributed by atoms with Crippen molar-refractivity contribution in [3.8, 4) is 0 Å². The Bertz CT molecular complexity index is 571. The number of aromatic nitrogens is 2. The zero-order valence-corrected chi connectivity index (χ0v) is 11.2. The number of hydrogen-bond acceptors (Lipinski definition) is 4. The summed E-state index contributed by atoms with van der Waals surface area (Å²) < 4.78 is 0. The molecule has 0 bridgehead atoms. The van der Waals surface area contributed by atoms with Gasteiger partial charge in [0, 0.05) is 12.6 Å². The van der Waals surface area contributed by atoms with E-state index in [1.807, 2.05) is 36.2 Å². The van der Waals surface area contributed by atoms with Crippen LogP contribution >= 0.6 is 23.8 Å². The Hall–Kier alpha value is -1.72. The first-order chi connectivity index (χ1) is 8.59. The summed E-state index contributed by atoms with van der Waals surface area (Å²) in [5, 5.41) is 0.495. The van der Waals surface area contributed by atoms with E-state index in [2.05, 4.69) is 9.97 Å². The Balaban J connectivity index is 2.42. The van der Waals surface area contributed by atoms with Crippen molar-refractivity contribution in [3.05, 3.63) is 47.2 Å². The summed E-state index contributed by atoms with van der Waals surface area (Å²) in [4.78, 5) is 10.5. The molecule has 0 spiro atoms. The first kappa shape index (κ1) is 12.7. The van der Waals surface area contributed by atoms with Crippen molar-refractivity contribution >= 4 is 40.4 Å². The van der Waals surface area contributed by atoms with Gasteiger partial charge in [0.1, 0.15) is 4.99 Å². The highest BCUT2D eigenvalue weighted by Crippen LogP contribution is 2.24. The fraction of sp³-hybridized carbons (Fsp3) is 0.0833. The van der Waals surface area contributed by atoms with Gasteiger partial charge in [-0.15, -0.1) is 0 Å². The van der Waals surface area contributed by atoms with Crippen LogP contribution in [0.25, 0.3) is 0 Å². The molecule has 92 valence electrons. The molecule has 0 atom stereocenters. The van der Waals surface area contributed by atoms with Crippen LogP contribution in [0.2, 0.25) is 5.02 Å². The first-order valence-corrected chi connectivity index (χ1v) is 5.98. The number of rotatable bonds is 3. The molecule has 0 amide bonds. The molecule has 0 saturated carbocycles. The number of para-hydroxylation sites is 1. The van der Waals surface area contributed by atoms with Gasteiger partial charge in [0.05, 0.1) is 23.1 Å². The number of nitrogens with two attached hydrogens (primary N) is 1. The molecule has 18 heavy (non-hydrogen) atoms. The van der Waals surface area contributed by atoms with Crippen molar-refractivity contribution in [1.82, 2.24) is 9.97 Å². The molecule has 0 saturated heterocycles. The lowest BCUT2D eigenvalue weighted by Gasteiger charge is -2.19. The topological polar surface area (TPSA) is 55.0 Å². The molecule has 1 aromatic carbocycles. The number of halogens is 1. The minimum Gasteiger partial charge on any atom is -0.389 e. The summed E-state index contributed by atoms with van der Waals surface area (Å²) in [6, 6.07) is 7.56. The molecular formula is C12H11ClN4S. The second-order valence-corrected chi connectivity index (χ2v) is 4.52. The minimum atomic E-state index is 0.339. The highest BCUT2D eigenvalue weighted by atomic mass is 35.5. The maximum Gasteiger partial charge on any atom is 0.229 e. The smallest absolute Gasteiger partial charge is 0.229 e. The van der Waals surface area contributed by atoms with Crippen LogP contribution in [0.3, 0.4) is 0 Å². The summed E-state index contributed by atoms with van der Waals surface area (Å²) in [7, 11) is 1.85. The van der Waals surface area contributed by atoms with Crippen LogP contribution in [0, 0.1) is 0 Å². The second-order valence-electron chi connectivity index (χ2n) is 3.64. The van der Waals surface area contributed by atoms with Gasteiger partial charge >= 0.3 is 0 Å². The van der Waals surface area contributed by atoms with Gasteiger partial charge < -0.3 is 10.6 Å². The van der Waals surface area contributed by atoms with E-state index in [-0.39, 0.29) is 0 Å². The normalized spacial score (nSPS) is 10.1. The molecule has 2 aromatic rings. The minimum absolute atomic E-state index is 0.339. The zero-order valence-electron chi connectivity index (χ0n) is 9.67. The molecule has 0 radical (unpaired) electrons. The first-order valence-electron chi connectivity index (χ1n) is 5.19. The third-order valence-electron chi connectivity index (χ3n) is 2.44. The Kier molecular flexibility index (Phi) is 3.74. The van der Waals surface area contributed by atoms with Gasteiger partial charge in [-0.2, -0.15) is 0 Å². The third kappa shape index (κ3) is 2.57. The Morgan fingerprint density at radius 2 is 1.89 bits per heavy atom. The van der Waals surface area contributed by atoms with E-state index in [9.17, 15) is 0 Å². The van der Waals surface area contributed by atoms with Gasteiger partial charge in [0.15, 0.2) is 0 Å². The molecule has 2 rings (SSSR count). The van der Waals surface area contributed by atoms with Gasteiger partial charge in [-0.1, -0.05) is 36.0 Å². The van der Waals surface area contributed by atoms with Crippen molar-refractivity contribution in [2.45, 2.75) is 0 Å². The lowest BCUT2D eigenvalue weighted by molar-refractivity contribution is 1.04. The maximum absolute atomic E-state index is 5.76. The lowest BCUT2D eigenvalue weighted by atomic mass is 10.1. The number of nitrogens with zero attached hydrogens (tertiary/aromatic N) is 3. The van der Waals surface area contributed by atoms with Crippen LogP contribution < -0.4 is 10.6 Å². The molecule has 0 aliphatic rings. The van der Waals surface area contributed by atoms with Crippen molar-refractivity contribution in [2.75, 3.05) is 11.9 Å². The SMILES string of the molecule is CN(c1ncc(Cl)cn1)c1ccccc1C(N)=S. The number of hydrogen-bond donors (Lipinski definition) is 1. The molecule has 0 unspecified atom stereocenters. The highest BCUT2D eigenvalue weighted by molar-refractivity contribution is 7.80. The van der Waals surface area contributed by atoms with Crippen molar-refractivity contribution in [1.29, 1.82) is 0 Å². The number of anilines is 2. The zero-order chi connectivity index (χ0) is 13.1. The summed E-state index contributed by atoms with van der Waals surface area (Å²) in [5.74, 6) is 0.531. The molecule has 0 aliphatic heterocycles. The molecule has 0 aliphatic carbocycles. The van der Waals surface area contributed by atoms with Crippen LogP contribution in [0.15, 0.2) is 36.7 Å². The van der Waals surface area contributed by atoms with Gasteiger partial charge in [-0.25, -0.2) is 9.97 Å². The van der Waals surface area contributed by atoms with E-state index >= 15 is 0 Å². The van der Waals surface area contributed by atoms with Crippen molar-refractivity contribution in [3.63, 3.8) is 0 Å². The second kappa shape index (κ2) is 5.29. The van der Waals surface area contributed by atoms with Crippen LogP contribution in [0.4, 0.5) is 11.6 Å². The summed E-state index contributed by atoms with van der Waals surface area (Å²) in [5.41, 5.74) is 7.34. The lowest BCUT2D eigenvalue weighted by Crippen LogP contribution is -2.19. The standard InChI is InChI=1S/C12H11ClN4S/c1-17(12-15-6-8(13)7-16-12)10-5-3-2-4-9(10)11(14)18/h2-7H,1H3,(H2,14,18). The van der Waals surface area contributed by atoms with Crippen LogP contribution in [0.1, 0.15) is 5.56 Å². The van der Waals surface area contributed by atoms with E-state index in [1.165, 1.54) is 0 Å². The fourth-order valence-electron chi connectivity index (χ4n) is 1.56. The molecule has 6 heteroatoms. The number of thiocarbonyl (C=S) groups is 1. The Morgan fingerprint density at radius 3 is 2.50 bits per heavy atom. The van der Waals surface area contributed by atoms with E-state index in [0.29, 0.717) is 16.0 Å². The summed E-state index contributed by atoms with van der Waals surface area (Å²) >= 11 is 10.8.